The van der Waals surface area contributed by atoms with E-state index in [1.54, 1.807) is 12.1 Å². The average Bonchev–Trinajstić information content (AvgIpc) is 2.81. The van der Waals surface area contributed by atoms with Crippen LogP contribution in [-0.4, -0.2) is 42.1 Å². The summed E-state index contributed by atoms with van der Waals surface area (Å²) in [6.07, 6.45) is -8.78. The number of ether oxygens (including phenoxy) is 2. The third-order valence-electron chi connectivity index (χ3n) is 4.71. The molecule has 0 bridgehead atoms. The lowest BCUT2D eigenvalue weighted by atomic mass is 9.98. The number of alkyl halides is 3. The van der Waals surface area contributed by atoms with Gasteiger partial charge in [0, 0.05) is 16.1 Å². The molecule has 32 heavy (non-hydrogen) atoms. The lowest BCUT2D eigenvalue weighted by molar-refractivity contribution is -0.139. The van der Waals surface area contributed by atoms with Crippen LogP contribution >= 0.6 is 23.2 Å². The van der Waals surface area contributed by atoms with Gasteiger partial charge in [0.05, 0.1) is 24.2 Å². The van der Waals surface area contributed by atoms with Crippen LogP contribution in [-0.2, 0) is 9.53 Å². The number of methoxy groups -OCH3 is 1. The van der Waals surface area contributed by atoms with Crippen LogP contribution in [0, 0.1) is 10.8 Å². The minimum absolute atomic E-state index is 0.0688. The SMILES string of the molecule is COc1cccc([C@H]2O[C@H](CC(=O)O)C(=N)N(C(=N)C(F)(F)F)c3ccc(Cl)cc32)c1Cl. The van der Waals surface area contributed by atoms with E-state index in [1.807, 2.05) is 0 Å². The van der Waals surface area contributed by atoms with Crippen molar-refractivity contribution in [3.8, 4) is 5.75 Å². The van der Waals surface area contributed by atoms with Crippen molar-refractivity contribution in [2.24, 2.45) is 0 Å². The van der Waals surface area contributed by atoms with Crippen LogP contribution in [0.1, 0.15) is 23.7 Å². The first-order chi connectivity index (χ1) is 15.0. The number of amidine groups is 2. The van der Waals surface area contributed by atoms with Gasteiger partial charge in [-0.15, -0.1) is 0 Å². The summed E-state index contributed by atoms with van der Waals surface area (Å²) >= 11 is 12.5. The number of aliphatic carboxylic acids is 1. The fraction of sp³-hybridized carbons (Fsp3) is 0.250. The number of carbonyl (C=O) groups is 1. The molecular formula is C20H16Cl2F3N3O4. The van der Waals surface area contributed by atoms with Crippen molar-refractivity contribution in [3.05, 3.63) is 57.6 Å². The highest BCUT2D eigenvalue weighted by Gasteiger charge is 2.46. The van der Waals surface area contributed by atoms with Gasteiger partial charge in [0.25, 0.3) is 0 Å². The number of fused-ring (bicyclic) bond motifs is 1. The summed E-state index contributed by atoms with van der Waals surface area (Å²) in [5.41, 5.74) is 0.121. The third-order valence-corrected chi connectivity index (χ3v) is 5.35. The first-order valence-corrected chi connectivity index (χ1v) is 9.74. The van der Waals surface area contributed by atoms with Crippen LogP contribution < -0.4 is 9.64 Å². The van der Waals surface area contributed by atoms with Gasteiger partial charge >= 0.3 is 12.1 Å². The van der Waals surface area contributed by atoms with Crippen molar-refractivity contribution in [1.29, 1.82) is 10.8 Å². The Labute approximate surface area is 190 Å². The number of carboxylic acids is 1. The highest BCUT2D eigenvalue weighted by atomic mass is 35.5. The summed E-state index contributed by atoms with van der Waals surface area (Å²) in [5.74, 6) is -3.88. The average molecular weight is 490 g/mol. The topological polar surface area (TPSA) is 107 Å². The van der Waals surface area contributed by atoms with E-state index in [4.69, 9.17) is 43.5 Å². The number of hydrogen-bond acceptors (Lipinski definition) is 5. The Morgan fingerprint density at radius 2 is 1.94 bits per heavy atom. The predicted octanol–water partition coefficient (Wildman–Crippen LogP) is 5.29. The monoisotopic (exact) mass is 489 g/mol. The Balaban J connectivity index is 2.30. The molecule has 2 aromatic carbocycles. The number of benzene rings is 2. The maximum Gasteiger partial charge on any atom is 0.449 e. The lowest BCUT2D eigenvalue weighted by Crippen LogP contribution is -2.48. The van der Waals surface area contributed by atoms with Gasteiger partial charge in [0.1, 0.15) is 23.8 Å². The maximum atomic E-state index is 13.5. The van der Waals surface area contributed by atoms with Crippen LogP contribution in [0.3, 0.4) is 0 Å². The van der Waals surface area contributed by atoms with Crippen molar-refractivity contribution >= 4 is 46.5 Å². The fourth-order valence-electron chi connectivity index (χ4n) is 3.31. The van der Waals surface area contributed by atoms with Crippen molar-refractivity contribution in [3.63, 3.8) is 0 Å². The quantitative estimate of drug-likeness (QED) is 0.399. The summed E-state index contributed by atoms with van der Waals surface area (Å²) in [7, 11) is 1.37. The van der Waals surface area contributed by atoms with Gasteiger partial charge < -0.3 is 14.6 Å². The Kier molecular flexibility index (Phi) is 6.68. The minimum Gasteiger partial charge on any atom is -0.495 e. The number of nitrogens with zero attached hydrogens (tertiary/aromatic N) is 1. The molecule has 0 fully saturated rings. The van der Waals surface area contributed by atoms with Crippen molar-refractivity contribution in [2.45, 2.75) is 24.8 Å². The maximum absolute atomic E-state index is 13.5. The van der Waals surface area contributed by atoms with Gasteiger partial charge in [0.2, 0.25) is 5.84 Å². The van der Waals surface area contributed by atoms with Gasteiger partial charge in [-0.2, -0.15) is 13.2 Å². The standard InChI is InChI=1S/C20H16Cl2F3N3O4/c1-31-13-4-2-3-10(16(13)22)17-11-7-9(21)5-6-12(11)28(19(27)20(23,24)25)18(26)14(32-17)8-15(29)30/h2-7,14,17,26-27H,8H2,1H3,(H,29,30)/t14-,17-/m1/s1. The van der Waals surface area contributed by atoms with Crippen LogP contribution in [0.5, 0.6) is 5.75 Å². The molecular weight excluding hydrogens is 474 g/mol. The summed E-state index contributed by atoms with van der Waals surface area (Å²) in [5, 5.41) is 25.5. The second-order valence-electron chi connectivity index (χ2n) is 6.74. The first kappa shape index (κ1) is 23.8. The van der Waals surface area contributed by atoms with E-state index in [-0.39, 0.29) is 32.6 Å². The molecule has 3 N–H and O–H groups in total. The van der Waals surface area contributed by atoms with E-state index < -0.39 is 42.4 Å². The van der Waals surface area contributed by atoms with E-state index in [9.17, 15) is 23.1 Å². The molecule has 0 spiro atoms. The van der Waals surface area contributed by atoms with Crippen molar-refractivity contribution in [1.82, 2.24) is 0 Å². The number of halogens is 5. The molecule has 3 rings (SSSR count). The largest absolute Gasteiger partial charge is 0.495 e. The lowest BCUT2D eigenvalue weighted by Gasteiger charge is -2.28. The molecule has 0 amide bonds. The molecule has 0 radical (unpaired) electrons. The van der Waals surface area contributed by atoms with Gasteiger partial charge in [-0.3, -0.25) is 20.5 Å². The summed E-state index contributed by atoms with van der Waals surface area (Å²) in [6.45, 7) is 0. The number of anilines is 1. The van der Waals surface area contributed by atoms with Gasteiger partial charge in [0.15, 0.2) is 0 Å². The second-order valence-corrected chi connectivity index (χ2v) is 7.55. The Morgan fingerprint density at radius 1 is 1.25 bits per heavy atom. The van der Waals surface area contributed by atoms with E-state index in [0.29, 0.717) is 4.90 Å². The van der Waals surface area contributed by atoms with Gasteiger partial charge in [-0.25, -0.2) is 0 Å². The Morgan fingerprint density at radius 3 is 2.53 bits per heavy atom. The zero-order valence-electron chi connectivity index (χ0n) is 16.3. The Hall–Kier alpha value is -2.82. The molecule has 0 aliphatic carbocycles. The molecule has 1 aliphatic rings. The number of carboxylic acid groups (broad SMARTS) is 1. The smallest absolute Gasteiger partial charge is 0.449 e. The molecule has 7 nitrogen and oxygen atoms in total. The second kappa shape index (κ2) is 8.97. The number of nitrogens with one attached hydrogen (secondary N) is 2. The number of hydrogen-bond donors (Lipinski definition) is 3. The first-order valence-electron chi connectivity index (χ1n) is 8.99. The van der Waals surface area contributed by atoms with Crippen LogP contribution in [0.15, 0.2) is 36.4 Å². The van der Waals surface area contributed by atoms with Crippen molar-refractivity contribution in [2.75, 3.05) is 12.0 Å². The molecule has 2 atom stereocenters. The summed E-state index contributed by atoms with van der Waals surface area (Å²) < 4.78 is 51.6. The summed E-state index contributed by atoms with van der Waals surface area (Å²) in [4.78, 5) is 11.7. The minimum atomic E-state index is -5.12. The Bertz CT molecular complexity index is 1090. The summed E-state index contributed by atoms with van der Waals surface area (Å²) in [6, 6.07) is 8.50. The van der Waals surface area contributed by atoms with E-state index in [0.717, 1.165) is 0 Å². The molecule has 0 aromatic heterocycles. The molecule has 0 saturated carbocycles. The third kappa shape index (κ3) is 4.52. The molecule has 12 heteroatoms. The molecule has 0 unspecified atom stereocenters. The molecule has 1 heterocycles. The molecule has 170 valence electrons. The highest BCUT2D eigenvalue weighted by molar-refractivity contribution is 6.33. The molecule has 1 aliphatic heterocycles. The van der Waals surface area contributed by atoms with Crippen LogP contribution in [0.4, 0.5) is 18.9 Å². The molecule has 0 saturated heterocycles. The zero-order chi connectivity index (χ0) is 23.8. The molecule has 2 aromatic rings. The van der Waals surface area contributed by atoms with Crippen molar-refractivity contribution < 1.29 is 32.5 Å². The van der Waals surface area contributed by atoms with Crippen LogP contribution in [0.25, 0.3) is 0 Å². The zero-order valence-corrected chi connectivity index (χ0v) is 17.8. The van der Waals surface area contributed by atoms with Crippen LogP contribution in [0.2, 0.25) is 10.0 Å². The number of rotatable bonds is 4. The fourth-order valence-corrected chi connectivity index (χ4v) is 3.80. The van der Waals surface area contributed by atoms with E-state index in [1.165, 1.54) is 31.4 Å². The predicted molar refractivity (Wildman–Crippen MR) is 112 cm³/mol. The van der Waals surface area contributed by atoms with Gasteiger partial charge in [-0.05, 0) is 24.3 Å². The van der Waals surface area contributed by atoms with Gasteiger partial charge in [-0.1, -0.05) is 35.3 Å². The highest BCUT2D eigenvalue weighted by Crippen LogP contribution is 2.44. The normalized spacial score (nSPS) is 18.7. The van der Waals surface area contributed by atoms with E-state index >= 15 is 0 Å². The van der Waals surface area contributed by atoms with E-state index in [2.05, 4.69) is 0 Å².